The molecule has 1 heterocycles. The number of halogens is 2. The van der Waals surface area contributed by atoms with Crippen LogP contribution in [0, 0.1) is 5.82 Å². The van der Waals surface area contributed by atoms with Gasteiger partial charge in [-0.1, -0.05) is 28.1 Å². The predicted octanol–water partition coefficient (Wildman–Crippen LogP) is 4.04. The maximum atomic E-state index is 13.2. The Hall–Kier alpha value is -2.21. The van der Waals surface area contributed by atoms with Crippen LogP contribution in [0.2, 0.25) is 0 Å². The molecule has 0 aliphatic carbocycles. The lowest BCUT2D eigenvalue weighted by molar-refractivity contribution is 0.0649. The number of amides is 2. The van der Waals surface area contributed by atoms with Gasteiger partial charge in [-0.3, -0.25) is 14.5 Å². The summed E-state index contributed by atoms with van der Waals surface area (Å²) in [4.78, 5) is 25.7. The van der Waals surface area contributed by atoms with Crippen molar-refractivity contribution >= 4 is 27.7 Å². The van der Waals surface area contributed by atoms with Crippen LogP contribution in [-0.2, 0) is 0 Å². The predicted molar refractivity (Wildman–Crippen MR) is 90.6 cm³/mol. The molecule has 4 nitrogen and oxygen atoms in total. The SMILES string of the molecule is O=C1c2ccccc2C(=O)N1CCCCOc1cc(F)cc(Br)c1. The number of imide groups is 1. The number of benzene rings is 2. The summed E-state index contributed by atoms with van der Waals surface area (Å²) in [5.41, 5.74) is 0.923. The van der Waals surface area contributed by atoms with Gasteiger partial charge in [0.2, 0.25) is 0 Å². The van der Waals surface area contributed by atoms with Gasteiger partial charge in [0.1, 0.15) is 11.6 Å². The number of hydrogen-bond donors (Lipinski definition) is 0. The van der Waals surface area contributed by atoms with E-state index in [1.807, 2.05) is 0 Å². The molecule has 6 heteroatoms. The van der Waals surface area contributed by atoms with Gasteiger partial charge in [-0.15, -0.1) is 0 Å². The van der Waals surface area contributed by atoms with Gasteiger partial charge in [-0.05, 0) is 37.1 Å². The van der Waals surface area contributed by atoms with E-state index in [2.05, 4.69) is 15.9 Å². The number of ether oxygens (including phenoxy) is 1. The first kappa shape index (κ1) is 16.6. The highest BCUT2D eigenvalue weighted by Gasteiger charge is 2.34. The zero-order chi connectivity index (χ0) is 17.1. The standard InChI is InChI=1S/C18H15BrFNO3/c19-12-9-13(20)11-14(10-12)24-8-4-3-7-21-17(22)15-5-1-2-6-16(15)18(21)23/h1-2,5-6,9-11H,3-4,7-8H2. The molecular weight excluding hydrogens is 377 g/mol. The van der Waals surface area contributed by atoms with Gasteiger partial charge >= 0.3 is 0 Å². The fourth-order valence-corrected chi connectivity index (χ4v) is 3.06. The lowest BCUT2D eigenvalue weighted by atomic mass is 10.1. The summed E-state index contributed by atoms with van der Waals surface area (Å²) in [6, 6.07) is 11.2. The Morgan fingerprint density at radius 2 is 1.67 bits per heavy atom. The van der Waals surface area contributed by atoms with E-state index in [9.17, 15) is 14.0 Å². The lowest BCUT2D eigenvalue weighted by Crippen LogP contribution is -2.30. The number of hydrogen-bond acceptors (Lipinski definition) is 3. The smallest absolute Gasteiger partial charge is 0.261 e. The van der Waals surface area contributed by atoms with Crippen molar-refractivity contribution in [2.75, 3.05) is 13.2 Å². The van der Waals surface area contributed by atoms with Crippen LogP contribution in [0.4, 0.5) is 4.39 Å². The minimum Gasteiger partial charge on any atom is -0.493 e. The summed E-state index contributed by atoms with van der Waals surface area (Å²) in [7, 11) is 0. The van der Waals surface area contributed by atoms with Crippen molar-refractivity contribution in [1.29, 1.82) is 0 Å². The molecule has 0 saturated carbocycles. The van der Waals surface area contributed by atoms with Crippen molar-refractivity contribution in [3.8, 4) is 5.75 Å². The maximum Gasteiger partial charge on any atom is 0.261 e. The Morgan fingerprint density at radius 1 is 1.00 bits per heavy atom. The summed E-state index contributed by atoms with van der Waals surface area (Å²) in [6.07, 6.45) is 1.28. The first-order chi connectivity index (χ1) is 11.6. The summed E-state index contributed by atoms with van der Waals surface area (Å²) in [5, 5.41) is 0. The van der Waals surface area contributed by atoms with Crippen LogP contribution in [0.5, 0.6) is 5.75 Å². The molecule has 0 N–H and O–H groups in total. The van der Waals surface area contributed by atoms with E-state index in [0.717, 1.165) is 0 Å². The normalized spacial score (nSPS) is 13.3. The summed E-state index contributed by atoms with van der Waals surface area (Å²) in [6.45, 7) is 0.738. The van der Waals surface area contributed by atoms with Crippen LogP contribution in [0.1, 0.15) is 33.6 Å². The van der Waals surface area contributed by atoms with Gasteiger partial charge in [0.25, 0.3) is 11.8 Å². The molecule has 1 aliphatic heterocycles. The minimum atomic E-state index is -0.370. The van der Waals surface area contributed by atoms with Crippen molar-refractivity contribution in [3.05, 3.63) is 63.9 Å². The monoisotopic (exact) mass is 391 g/mol. The minimum absolute atomic E-state index is 0.245. The summed E-state index contributed by atoms with van der Waals surface area (Å²) < 4.78 is 19.3. The van der Waals surface area contributed by atoms with Crippen LogP contribution < -0.4 is 4.74 Å². The van der Waals surface area contributed by atoms with Gasteiger partial charge in [-0.2, -0.15) is 0 Å². The quantitative estimate of drug-likeness (QED) is 0.551. The van der Waals surface area contributed by atoms with Gasteiger partial charge in [0.05, 0.1) is 17.7 Å². The van der Waals surface area contributed by atoms with E-state index in [0.29, 0.717) is 47.3 Å². The fraction of sp³-hybridized carbons (Fsp3) is 0.222. The number of carbonyl (C=O) groups is 2. The Balaban J connectivity index is 1.48. The Morgan fingerprint density at radius 3 is 2.29 bits per heavy atom. The largest absolute Gasteiger partial charge is 0.493 e. The van der Waals surface area contributed by atoms with Gasteiger partial charge < -0.3 is 4.74 Å². The molecule has 1 aliphatic rings. The lowest BCUT2D eigenvalue weighted by Gasteiger charge is -2.13. The molecule has 2 amide bonds. The molecule has 0 radical (unpaired) electrons. The Bertz CT molecular complexity index is 738. The van der Waals surface area contributed by atoms with Crippen molar-refractivity contribution in [3.63, 3.8) is 0 Å². The van der Waals surface area contributed by atoms with Crippen LogP contribution in [-0.4, -0.2) is 29.9 Å². The van der Waals surface area contributed by atoms with Crippen LogP contribution >= 0.6 is 15.9 Å². The number of carbonyl (C=O) groups excluding carboxylic acids is 2. The Kier molecular flexibility index (Phi) is 4.94. The van der Waals surface area contributed by atoms with E-state index in [-0.39, 0.29) is 17.6 Å². The molecule has 2 aromatic carbocycles. The number of nitrogens with zero attached hydrogens (tertiary/aromatic N) is 1. The van der Waals surface area contributed by atoms with Crippen LogP contribution in [0.3, 0.4) is 0 Å². The fourth-order valence-electron chi connectivity index (χ4n) is 2.62. The zero-order valence-corrected chi connectivity index (χ0v) is 14.4. The van der Waals surface area contributed by atoms with Crippen LogP contribution in [0.15, 0.2) is 46.9 Å². The molecule has 0 atom stereocenters. The Labute approximate surface area is 147 Å². The highest BCUT2D eigenvalue weighted by molar-refractivity contribution is 9.10. The van der Waals surface area contributed by atoms with E-state index < -0.39 is 0 Å². The van der Waals surface area contributed by atoms with Gasteiger partial charge in [-0.25, -0.2) is 4.39 Å². The molecule has 0 aromatic heterocycles. The van der Waals surface area contributed by atoms with Crippen molar-refractivity contribution in [2.45, 2.75) is 12.8 Å². The first-order valence-corrected chi connectivity index (χ1v) is 8.39. The second-order valence-corrected chi connectivity index (χ2v) is 6.38. The average Bonchev–Trinajstić information content (AvgIpc) is 2.79. The molecule has 0 spiro atoms. The summed E-state index contributed by atoms with van der Waals surface area (Å²) in [5.74, 6) is -0.413. The molecule has 24 heavy (non-hydrogen) atoms. The molecule has 0 bridgehead atoms. The second-order valence-electron chi connectivity index (χ2n) is 5.47. The first-order valence-electron chi connectivity index (χ1n) is 7.60. The molecule has 0 saturated heterocycles. The van der Waals surface area contributed by atoms with E-state index in [1.165, 1.54) is 17.0 Å². The third kappa shape index (κ3) is 3.48. The topological polar surface area (TPSA) is 46.6 Å². The highest BCUT2D eigenvalue weighted by Crippen LogP contribution is 2.23. The number of unbranched alkanes of at least 4 members (excludes halogenated alkanes) is 1. The molecule has 2 aromatic rings. The third-order valence-electron chi connectivity index (χ3n) is 3.76. The second kappa shape index (κ2) is 7.13. The number of rotatable bonds is 6. The number of fused-ring (bicyclic) bond motifs is 1. The van der Waals surface area contributed by atoms with Crippen molar-refractivity contribution < 1.29 is 18.7 Å². The maximum absolute atomic E-state index is 13.2. The van der Waals surface area contributed by atoms with E-state index >= 15 is 0 Å². The molecule has 3 rings (SSSR count). The van der Waals surface area contributed by atoms with Crippen molar-refractivity contribution in [2.24, 2.45) is 0 Å². The highest BCUT2D eigenvalue weighted by atomic mass is 79.9. The van der Waals surface area contributed by atoms with E-state index in [1.54, 1.807) is 30.3 Å². The average molecular weight is 392 g/mol. The summed E-state index contributed by atoms with van der Waals surface area (Å²) >= 11 is 3.21. The molecule has 0 fully saturated rings. The molecular formula is C18H15BrFNO3. The molecule has 0 unspecified atom stereocenters. The van der Waals surface area contributed by atoms with E-state index in [4.69, 9.17) is 4.74 Å². The van der Waals surface area contributed by atoms with Gasteiger partial charge in [0.15, 0.2) is 0 Å². The zero-order valence-electron chi connectivity index (χ0n) is 12.8. The van der Waals surface area contributed by atoms with Crippen molar-refractivity contribution in [1.82, 2.24) is 4.90 Å². The molecule has 124 valence electrons. The van der Waals surface area contributed by atoms with Crippen LogP contribution in [0.25, 0.3) is 0 Å². The third-order valence-corrected chi connectivity index (χ3v) is 4.22. The van der Waals surface area contributed by atoms with Gasteiger partial charge in [0, 0.05) is 17.1 Å².